The summed E-state index contributed by atoms with van der Waals surface area (Å²) in [5.74, 6) is -0.409. The highest BCUT2D eigenvalue weighted by Crippen LogP contribution is 2.24. The molecule has 2 N–H and O–H groups in total. The summed E-state index contributed by atoms with van der Waals surface area (Å²) >= 11 is 6.02. The van der Waals surface area contributed by atoms with Crippen LogP contribution >= 0.6 is 11.6 Å². The van der Waals surface area contributed by atoms with Crippen LogP contribution in [0.25, 0.3) is 0 Å². The monoisotopic (exact) mass is 421 g/mol. The van der Waals surface area contributed by atoms with Gasteiger partial charge in [-0.25, -0.2) is 0 Å². The highest BCUT2D eigenvalue weighted by atomic mass is 35.5. The van der Waals surface area contributed by atoms with E-state index in [2.05, 4.69) is 15.2 Å². The fourth-order valence-electron chi connectivity index (χ4n) is 3.84. The van der Waals surface area contributed by atoms with Crippen LogP contribution in [0.4, 0.5) is 0 Å². The van der Waals surface area contributed by atoms with Crippen LogP contribution in [-0.4, -0.2) is 28.9 Å². The molecular formula is C24H24ClN3O2. The van der Waals surface area contributed by atoms with Crippen LogP contribution in [0.2, 0.25) is 5.02 Å². The highest BCUT2D eigenvalue weighted by molar-refractivity contribution is 6.30. The standard InChI is InChI=1S/C24H24ClN3O2/c25-19-10-8-18(9-11-19)22(17-6-2-1-3-7-17)27-24(30)21-13-12-20(26-23(21)29)16-28-14-4-5-15-28/h1-3,6-13,22H,4-5,14-16H2,(H,26,29)(H,27,30)/t22-/m1/s1. The number of benzene rings is 2. The number of nitrogens with zero attached hydrogens (tertiary/aromatic N) is 1. The van der Waals surface area contributed by atoms with Gasteiger partial charge in [-0.3, -0.25) is 14.5 Å². The number of aromatic amines is 1. The first kappa shape index (κ1) is 20.4. The summed E-state index contributed by atoms with van der Waals surface area (Å²) in [4.78, 5) is 30.8. The van der Waals surface area contributed by atoms with Crippen LogP contribution < -0.4 is 10.9 Å². The van der Waals surface area contributed by atoms with Gasteiger partial charge in [-0.2, -0.15) is 0 Å². The van der Waals surface area contributed by atoms with Crippen LogP contribution in [0.15, 0.2) is 71.5 Å². The van der Waals surface area contributed by atoms with Crippen molar-refractivity contribution >= 4 is 17.5 Å². The lowest BCUT2D eigenvalue weighted by Crippen LogP contribution is -2.34. The van der Waals surface area contributed by atoms with Gasteiger partial charge < -0.3 is 10.3 Å². The van der Waals surface area contributed by atoms with Crippen molar-refractivity contribution in [3.63, 3.8) is 0 Å². The van der Waals surface area contributed by atoms with E-state index in [1.807, 2.05) is 48.5 Å². The third kappa shape index (κ3) is 4.81. The first-order valence-corrected chi connectivity index (χ1v) is 10.5. The molecule has 1 atom stereocenters. The van der Waals surface area contributed by atoms with Gasteiger partial charge in [0.2, 0.25) is 0 Å². The number of carbonyl (C=O) groups is 1. The maximum atomic E-state index is 13.0. The van der Waals surface area contributed by atoms with Gasteiger partial charge in [0.1, 0.15) is 5.56 Å². The van der Waals surface area contributed by atoms with Gasteiger partial charge in [0.05, 0.1) is 6.04 Å². The Kier molecular flexibility index (Phi) is 6.31. The third-order valence-electron chi connectivity index (χ3n) is 5.42. The Morgan fingerprint density at radius 2 is 1.63 bits per heavy atom. The van der Waals surface area contributed by atoms with E-state index in [4.69, 9.17) is 11.6 Å². The quantitative estimate of drug-likeness (QED) is 0.628. The molecule has 3 aromatic rings. The topological polar surface area (TPSA) is 65.2 Å². The molecule has 2 heterocycles. The van der Waals surface area contributed by atoms with Crippen LogP contribution in [0, 0.1) is 0 Å². The average molecular weight is 422 g/mol. The zero-order valence-electron chi connectivity index (χ0n) is 16.6. The van der Waals surface area contributed by atoms with Crippen LogP contribution in [0.5, 0.6) is 0 Å². The minimum Gasteiger partial charge on any atom is -0.341 e. The van der Waals surface area contributed by atoms with Crippen molar-refractivity contribution in [2.45, 2.75) is 25.4 Å². The lowest BCUT2D eigenvalue weighted by Gasteiger charge is -2.20. The van der Waals surface area contributed by atoms with E-state index < -0.39 is 5.91 Å². The fraction of sp³-hybridized carbons (Fsp3) is 0.250. The van der Waals surface area contributed by atoms with Crippen LogP contribution in [-0.2, 0) is 6.54 Å². The summed E-state index contributed by atoms with van der Waals surface area (Å²) in [6, 6.07) is 20.1. The molecule has 0 spiro atoms. The zero-order valence-corrected chi connectivity index (χ0v) is 17.4. The molecule has 6 heteroatoms. The van der Waals surface area contributed by atoms with Crippen molar-refractivity contribution in [1.82, 2.24) is 15.2 Å². The Morgan fingerprint density at radius 1 is 0.967 bits per heavy atom. The minimum absolute atomic E-state index is 0.107. The van der Waals surface area contributed by atoms with Gasteiger partial charge in [0, 0.05) is 17.3 Å². The number of amides is 1. The van der Waals surface area contributed by atoms with Gasteiger partial charge in [-0.1, -0.05) is 54.1 Å². The molecule has 1 aliphatic rings. The maximum absolute atomic E-state index is 13.0. The number of rotatable bonds is 6. The predicted octanol–water partition coefficient (Wildman–Crippen LogP) is 4.14. The first-order valence-electron chi connectivity index (χ1n) is 10.2. The van der Waals surface area contributed by atoms with E-state index in [1.54, 1.807) is 18.2 Å². The van der Waals surface area contributed by atoms with Crippen molar-refractivity contribution in [3.05, 3.63) is 104 Å². The Bertz CT molecular complexity index is 1060. The number of nitrogens with one attached hydrogen (secondary N) is 2. The van der Waals surface area contributed by atoms with Crippen molar-refractivity contribution < 1.29 is 4.79 Å². The molecule has 1 aliphatic heterocycles. The summed E-state index contributed by atoms with van der Waals surface area (Å²) in [6.45, 7) is 2.79. The van der Waals surface area contributed by atoms with E-state index in [-0.39, 0.29) is 17.2 Å². The average Bonchev–Trinajstić information content (AvgIpc) is 3.26. The molecule has 0 aliphatic carbocycles. The number of halogens is 1. The van der Waals surface area contributed by atoms with Crippen LogP contribution in [0.3, 0.4) is 0 Å². The molecule has 1 fully saturated rings. The number of pyridine rings is 1. The molecule has 0 saturated carbocycles. The van der Waals surface area contributed by atoms with E-state index in [0.29, 0.717) is 11.6 Å². The molecule has 5 nitrogen and oxygen atoms in total. The van der Waals surface area contributed by atoms with E-state index in [1.165, 1.54) is 12.8 Å². The number of H-pyrrole nitrogens is 1. The number of likely N-dealkylation sites (tertiary alicyclic amines) is 1. The second-order valence-corrected chi connectivity index (χ2v) is 8.01. The molecular weight excluding hydrogens is 398 g/mol. The highest BCUT2D eigenvalue weighted by Gasteiger charge is 2.20. The molecule has 1 saturated heterocycles. The molecule has 4 rings (SSSR count). The number of aromatic nitrogens is 1. The second-order valence-electron chi connectivity index (χ2n) is 7.58. The van der Waals surface area contributed by atoms with E-state index in [0.717, 1.165) is 29.9 Å². The lowest BCUT2D eigenvalue weighted by atomic mass is 9.98. The second kappa shape index (κ2) is 9.28. The Hall–Kier alpha value is -2.89. The molecule has 0 radical (unpaired) electrons. The van der Waals surface area contributed by atoms with Crippen molar-refractivity contribution in [1.29, 1.82) is 0 Å². The van der Waals surface area contributed by atoms with Gasteiger partial charge in [0.25, 0.3) is 11.5 Å². The number of hydrogen-bond donors (Lipinski definition) is 2. The Morgan fingerprint density at radius 3 is 2.30 bits per heavy atom. The number of carbonyl (C=O) groups excluding carboxylic acids is 1. The Balaban J connectivity index is 1.56. The lowest BCUT2D eigenvalue weighted by molar-refractivity contribution is 0.0941. The summed E-state index contributed by atoms with van der Waals surface area (Å²) in [5.41, 5.74) is 2.38. The molecule has 0 bridgehead atoms. The number of hydrogen-bond acceptors (Lipinski definition) is 3. The zero-order chi connectivity index (χ0) is 20.9. The van der Waals surface area contributed by atoms with E-state index in [9.17, 15) is 9.59 Å². The molecule has 1 amide bonds. The van der Waals surface area contributed by atoms with Gasteiger partial charge in [-0.05, 0) is 61.3 Å². The SMILES string of the molecule is O=C(N[C@H](c1ccccc1)c1ccc(Cl)cc1)c1ccc(CN2CCCC2)[nH]c1=O. The third-order valence-corrected chi connectivity index (χ3v) is 5.67. The molecule has 0 unspecified atom stereocenters. The first-order chi connectivity index (χ1) is 14.6. The summed E-state index contributed by atoms with van der Waals surface area (Å²) in [6.07, 6.45) is 2.38. The smallest absolute Gasteiger partial charge is 0.261 e. The normalized spacial score (nSPS) is 15.1. The van der Waals surface area contributed by atoms with Crippen molar-refractivity contribution in [2.75, 3.05) is 13.1 Å². The summed E-state index contributed by atoms with van der Waals surface area (Å²) in [5, 5.41) is 3.63. The summed E-state index contributed by atoms with van der Waals surface area (Å²) < 4.78 is 0. The molecule has 30 heavy (non-hydrogen) atoms. The minimum atomic E-state index is -0.409. The summed E-state index contributed by atoms with van der Waals surface area (Å²) in [7, 11) is 0. The predicted molar refractivity (Wildman–Crippen MR) is 119 cm³/mol. The largest absolute Gasteiger partial charge is 0.341 e. The van der Waals surface area contributed by atoms with E-state index >= 15 is 0 Å². The van der Waals surface area contributed by atoms with Gasteiger partial charge in [-0.15, -0.1) is 0 Å². The fourth-order valence-corrected chi connectivity index (χ4v) is 3.96. The van der Waals surface area contributed by atoms with Gasteiger partial charge in [0.15, 0.2) is 0 Å². The Labute approximate surface area is 180 Å². The van der Waals surface area contributed by atoms with Gasteiger partial charge >= 0.3 is 0 Å². The maximum Gasteiger partial charge on any atom is 0.261 e. The molecule has 1 aromatic heterocycles. The van der Waals surface area contributed by atoms with Crippen molar-refractivity contribution in [3.8, 4) is 0 Å². The van der Waals surface area contributed by atoms with Crippen LogP contribution in [0.1, 0.15) is 46.1 Å². The van der Waals surface area contributed by atoms with Crippen molar-refractivity contribution in [2.24, 2.45) is 0 Å². The molecule has 154 valence electrons. The molecule has 2 aromatic carbocycles.